The van der Waals surface area contributed by atoms with Gasteiger partial charge in [0.2, 0.25) is 0 Å². The molecule has 20 heavy (non-hydrogen) atoms. The first kappa shape index (κ1) is 12.9. The molecular weight excluding hydrogens is 275 g/mol. The predicted octanol–water partition coefficient (Wildman–Crippen LogP) is 4.72. The summed E-state index contributed by atoms with van der Waals surface area (Å²) in [6.45, 7) is 0. The summed E-state index contributed by atoms with van der Waals surface area (Å²) in [6, 6.07) is 12.8. The average molecular weight is 288 g/mol. The molecule has 2 aromatic carbocycles. The number of benzene rings is 2. The van der Waals surface area contributed by atoms with Crippen molar-refractivity contribution in [2.75, 3.05) is 14.2 Å². The Morgan fingerprint density at radius 3 is 2.20 bits per heavy atom. The molecule has 0 aliphatic rings. The van der Waals surface area contributed by atoms with Gasteiger partial charge in [-0.05, 0) is 48.0 Å². The van der Waals surface area contributed by atoms with Gasteiger partial charge in [0.1, 0.15) is 17.3 Å². The van der Waals surface area contributed by atoms with E-state index in [2.05, 4.69) is 0 Å². The molecule has 0 aliphatic heterocycles. The van der Waals surface area contributed by atoms with Crippen LogP contribution in [0.15, 0.2) is 42.5 Å². The topological polar surface area (TPSA) is 18.5 Å². The summed E-state index contributed by atoms with van der Waals surface area (Å²) in [4.78, 5) is 0.635. The Balaban J connectivity index is 2.12. The van der Waals surface area contributed by atoms with Crippen LogP contribution in [-0.2, 0) is 0 Å². The van der Waals surface area contributed by atoms with Crippen molar-refractivity contribution in [1.82, 2.24) is 0 Å². The summed E-state index contributed by atoms with van der Waals surface area (Å²) >= 11 is 1.42. The highest BCUT2D eigenvalue weighted by Gasteiger charge is 2.14. The van der Waals surface area contributed by atoms with Gasteiger partial charge in [-0.1, -0.05) is 0 Å². The van der Waals surface area contributed by atoms with Crippen LogP contribution in [0.2, 0.25) is 0 Å². The Morgan fingerprint density at radius 2 is 1.55 bits per heavy atom. The molecule has 3 aromatic rings. The molecule has 0 aliphatic carbocycles. The molecule has 0 spiro atoms. The molecule has 0 atom stereocenters. The second-order valence-electron chi connectivity index (χ2n) is 4.34. The lowest BCUT2D eigenvalue weighted by molar-refractivity contribution is 0.415. The van der Waals surface area contributed by atoms with Crippen LogP contribution in [0.1, 0.15) is 0 Å². The SMILES string of the molecule is COc1ccc(-c2sc3cc(OC)ccc3c2F)cc1. The van der Waals surface area contributed by atoms with Crippen LogP contribution in [0, 0.1) is 5.82 Å². The van der Waals surface area contributed by atoms with Crippen LogP contribution in [0.4, 0.5) is 4.39 Å². The second-order valence-corrected chi connectivity index (χ2v) is 5.39. The zero-order valence-corrected chi connectivity index (χ0v) is 12.0. The van der Waals surface area contributed by atoms with E-state index in [-0.39, 0.29) is 5.82 Å². The molecular formula is C16H13FO2S. The summed E-state index contributed by atoms with van der Waals surface area (Å²) in [5.74, 6) is 1.31. The average Bonchev–Trinajstić information content (AvgIpc) is 2.84. The first-order chi connectivity index (χ1) is 9.72. The van der Waals surface area contributed by atoms with Gasteiger partial charge in [0.25, 0.3) is 0 Å². The molecule has 0 N–H and O–H groups in total. The Labute approximate surface area is 120 Å². The normalized spacial score (nSPS) is 10.8. The van der Waals surface area contributed by atoms with Crippen molar-refractivity contribution in [2.45, 2.75) is 0 Å². The minimum Gasteiger partial charge on any atom is -0.497 e. The number of fused-ring (bicyclic) bond motifs is 1. The summed E-state index contributed by atoms with van der Waals surface area (Å²) in [5, 5.41) is 0.626. The molecule has 2 nitrogen and oxygen atoms in total. The molecule has 0 saturated carbocycles. The fourth-order valence-electron chi connectivity index (χ4n) is 2.10. The quantitative estimate of drug-likeness (QED) is 0.694. The van der Waals surface area contributed by atoms with Crippen LogP contribution >= 0.6 is 11.3 Å². The number of methoxy groups -OCH3 is 2. The van der Waals surface area contributed by atoms with Crippen LogP contribution in [0.25, 0.3) is 20.5 Å². The van der Waals surface area contributed by atoms with E-state index in [0.717, 1.165) is 21.8 Å². The summed E-state index contributed by atoms with van der Waals surface area (Å²) in [5.41, 5.74) is 0.850. The first-order valence-corrected chi connectivity index (χ1v) is 6.95. The van der Waals surface area contributed by atoms with Crippen LogP contribution in [0.3, 0.4) is 0 Å². The number of halogens is 1. The third kappa shape index (κ3) is 2.12. The molecule has 4 heteroatoms. The molecule has 0 saturated heterocycles. The van der Waals surface area contributed by atoms with Gasteiger partial charge in [-0.3, -0.25) is 0 Å². The largest absolute Gasteiger partial charge is 0.497 e. The molecule has 0 radical (unpaired) electrons. The highest BCUT2D eigenvalue weighted by atomic mass is 32.1. The van der Waals surface area contributed by atoms with Gasteiger partial charge < -0.3 is 9.47 Å². The van der Waals surface area contributed by atoms with Gasteiger partial charge >= 0.3 is 0 Å². The minimum absolute atomic E-state index is 0.183. The Morgan fingerprint density at radius 1 is 0.900 bits per heavy atom. The smallest absolute Gasteiger partial charge is 0.149 e. The maximum absolute atomic E-state index is 14.5. The standard InChI is InChI=1S/C16H13FO2S/c1-18-11-5-3-10(4-6-11)16-15(17)13-8-7-12(19-2)9-14(13)20-16/h3-9H,1-2H3. The number of hydrogen-bond donors (Lipinski definition) is 0. The first-order valence-electron chi connectivity index (χ1n) is 6.13. The highest BCUT2D eigenvalue weighted by molar-refractivity contribution is 7.22. The third-order valence-corrected chi connectivity index (χ3v) is 4.37. The van der Waals surface area contributed by atoms with Gasteiger partial charge in [-0.25, -0.2) is 4.39 Å². The van der Waals surface area contributed by atoms with E-state index in [1.807, 2.05) is 30.3 Å². The van der Waals surface area contributed by atoms with E-state index in [0.29, 0.717) is 10.3 Å². The monoisotopic (exact) mass is 288 g/mol. The molecule has 0 unspecified atom stereocenters. The molecule has 1 heterocycles. The lowest BCUT2D eigenvalue weighted by atomic mass is 10.1. The van der Waals surface area contributed by atoms with Gasteiger partial charge in [-0.2, -0.15) is 0 Å². The Kier molecular flexibility index (Phi) is 3.32. The van der Waals surface area contributed by atoms with Crippen molar-refractivity contribution in [3.8, 4) is 21.9 Å². The lowest BCUT2D eigenvalue weighted by Crippen LogP contribution is -1.82. The van der Waals surface area contributed by atoms with Crippen molar-refractivity contribution < 1.29 is 13.9 Å². The maximum Gasteiger partial charge on any atom is 0.149 e. The van der Waals surface area contributed by atoms with Gasteiger partial charge in [0.05, 0.1) is 19.1 Å². The number of thiophene rings is 1. The number of ether oxygens (including phenoxy) is 2. The van der Waals surface area contributed by atoms with Crippen molar-refractivity contribution in [3.05, 3.63) is 48.3 Å². The van der Waals surface area contributed by atoms with Crippen molar-refractivity contribution >= 4 is 21.4 Å². The zero-order valence-electron chi connectivity index (χ0n) is 11.1. The number of hydrogen-bond acceptors (Lipinski definition) is 3. The molecule has 0 amide bonds. The van der Waals surface area contributed by atoms with Gasteiger partial charge in [0.15, 0.2) is 0 Å². The molecule has 0 bridgehead atoms. The second kappa shape index (κ2) is 5.13. The van der Waals surface area contributed by atoms with Crippen molar-refractivity contribution in [1.29, 1.82) is 0 Å². The Bertz CT molecular complexity index is 747. The predicted molar refractivity (Wildman–Crippen MR) is 80.3 cm³/mol. The van der Waals surface area contributed by atoms with E-state index in [1.54, 1.807) is 26.4 Å². The van der Waals surface area contributed by atoms with Crippen LogP contribution < -0.4 is 9.47 Å². The fraction of sp³-hybridized carbons (Fsp3) is 0.125. The maximum atomic E-state index is 14.5. The lowest BCUT2D eigenvalue weighted by Gasteiger charge is -2.01. The molecule has 3 rings (SSSR count). The zero-order chi connectivity index (χ0) is 14.1. The summed E-state index contributed by atoms with van der Waals surface area (Å²) < 4.78 is 25.6. The Hall–Kier alpha value is -2.07. The van der Waals surface area contributed by atoms with Crippen molar-refractivity contribution in [3.63, 3.8) is 0 Å². The summed E-state index contributed by atoms with van der Waals surface area (Å²) in [7, 11) is 3.22. The van der Waals surface area contributed by atoms with Crippen LogP contribution in [0.5, 0.6) is 11.5 Å². The van der Waals surface area contributed by atoms with Crippen molar-refractivity contribution in [2.24, 2.45) is 0 Å². The fourth-order valence-corrected chi connectivity index (χ4v) is 3.22. The minimum atomic E-state index is -0.183. The van der Waals surface area contributed by atoms with Crippen LogP contribution in [-0.4, -0.2) is 14.2 Å². The summed E-state index contributed by atoms with van der Waals surface area (Å²) in [6.07, 6.45) is 0. The number of rotatable bonds is 3. The molecule has 102 valence electrons. The third-order valence-electron chi connectivity index (χ3n) is 3.19. The van der Waals surface area contributed by atoms with E-state index in [9.17, 15) is 4.39 Å². The molecule has 1 aromatic heterocycles. The van der Waals surface area contributed by atoms with E-state index in [4.69, 9.17) is 9.47 Å². The van der Waals surface area contributed by atoms with E-state index >= 15 is 0 Å². The molecule has 0 fully saturated rings. The highest BCUT2D eigenvalue weighted by Crippen LogP contribution is 2.39. The van der Waals surface area contributed by atoms with Gasteiger partial charge in [0, 0.05) is 10.1 Å². The van der Waals surface area contributed by atoms with E-state index < -0.39 is 0 Å². The van der Waals surface area contributed by atoms with Gasteiger partial charge in [-0.15, -0.1) is 11.3 Å². The van der Waals surface area contributed by atoms with E-state index in [1.165, 1.54) is 11.3 Å².